The second-order valence-electron chi connectivity index (χ2n) is 5.76. The molecule has 0 radical (unpaired) electrons. The number of amides is 2. The van der Waals surface area contributed by atoms with Crippen molar-refractivity contribution in [3.05, 3.63) is 59.2 Å². The van der Waals surface area contributed by atoms with Crippen LogP contribution in [0.1, 0.15) is 34.6 Å². The summed E-state index contributed by atoms with van der Waals surface area (Å²) in [6, 6.07) is 6.81. The van der Waals surface area contributed by atoms with Crippen molar-refractivity contribution in [1.29, 1.82) is 0 Å². The van der Waals surface area contributed by atoms with Crippen LogP contribution in [0.2, 0.25) is 0 Å². The largest absolute Gasteiger partial charge is 0.376 e. The monoisotopic (exact) mass is 327 g/mol. The van der Waals surface area contributed by atoms with Crippen LogP contribution in [-0.4, -0.2) is 42.8 Å². The van der Waals surface area contributed by atoms with Crippen LogP contribution < -0.4 is 0 Å². The van der Waals surface area contributed by atoms with Crippen molar-refractivity contribution < 1.29 is 19.1 Å². The normalized spacial score (nSPS) is 17.3. The number of ether oxygens (including phenoxy) is 1. The molecule has 2 amide bonds. The average Bonchev–Trinajstić information content (AvgIpc) is 2.84. The Morgan fingerprint density at radius 3 is 2.29 bits per heavy atom. The smallest absolute Gasteiger partial charge is 0.261 e. The number of fused-ring (bicyclic) bond motifs is 1. The molecule has 1 aromatic rings. The lowest BCUT2D eigenvalue weighted by atomic mass is 9.99. The first-order chi connectivity index (χ1) is 11.5. The van der Waals surface area contributed by atoms with Gasteiger partial charge in [0.05, 0.1) is 17.2 Å². The quantitative estimate of drug-likeness (QED) is 0.439. The van der Waals surface area contributed by atoms with Crippen LogP contribution >= 0.6 is 0 Å². The minimum atomic E-state index is -0.286. The van der Waals surface area contributed by atoms with Crippen molar-refractivity contribution in [2.75, 3.05) is 13.7 Å². The molecule has 5 heteroatoms. The van der Waals surface area contributed by atoms with Gasteiger partial charge in [-0.1, -0.05) is 37.3 Å². The minimum absolute atomic E-state index is 0.205. The summed E-state index contributed by atoms with van der Waals surface area (Å²) in [6.07, 6.45) is 5.90. The van der Waals surface area contributed by atoms with Crippen molar-refractivity contribution in [2.24, 2.45) is 5.92 Å². The highest BCUT2D eigenvalue weighted by molar-refractivity contribution is 6.21. The van der Waals surface area contributed by atoms with Crippen LogP contribution in [0.15, 0.2) is 48.1 Å². The number of carbonyl (C=O) groups excluding carboxylic acids is 3. The third kappa shape index (κ3) is 3.51. The summed E-state index contributed by atoms with van der Waals surface area (Å²) in [6.45, 7) is 3.87. The molecule has 0 unspecified atom stereocenters. The standard InChI is InChI=1S/C19H21NO4/c1-13(17(24-3)14(2)12-21)8-6-7-11-20-18(22)15-9-4-5-10-16(15)19(20)23/h4-10,12,14,17H,11H2,1-3H3/b7-6+,13-8+/t14-,17-/m1/s1. The molecule has 126 valence electrons. The third-order valence-electron chi connectivity index (χ3n) is 4.06. The molecule has 0 saturated heterocycles. The number of benzene rings is 1. The molecule has 0 aromatic heterocycles. The lowest BCUT2D eigenvalue weighted by Gasteiger charge is -2.18. The lowest BCUT2D eigenvalue weighted by Crippen LogP contribution is -2.29. The van der Waals surface area contributed by atoms with Crippen LogP contribution in [0.4, 0.5) is 0 Å². The number of hydrogen-bond acceptors (Lipinski definition) is 4. The van der Waals surface area contributed by atoms with Gasteiger partial charge in [0.2, 0.25) is 0 Å². The number of allylic oxidation sites excluding steroid dienone is 2. The molecule has 0 saturated carbocycles. The summed E-state index contributed by atoms with van der Waals surface area (Å²) in [5, 5.41) is 0. The molecule has 1 aliphatic heterocycles. The van der Waals surface area contributed by atoms with E-state index >= 15 is 0 Å². The topological polar surface area (TPSA) is 63.7 Å². The van der Waals surface area contributed by atoms with Gasteiger partial charge in [-0.25, -0.2) is 0 Å². The zero-order chi connectivity index (χ0) is 17.7. The summed E-state index contributed by atoms with van der Waals surface area (Å²) < 4.78 is 5.32. The van der Waals surface area contributed by atoms with Gasteiger partial charge in [-0.3, -0.25) is 14.5 Å². The van der Waals surface area contributed by atoms with E-state index in [-0.39, 0.29) is 30.4 Å². The maximum Gasteiger partial charge on any atom is 0.261 e. The number of nitrogens with zero attached hydrogens (tertiary/aromatic N) is 1. The summed E-state index contributed by atoms with van der Waals surface area (Å²) in [5.74, 6) is -0.786. The summed E-state index contributed by atoms with van der Waals surface area (Å²) in [5.41, 5.74) is 1.79. The Hall–Kier alpha value is -2.53. The van der Waals surface area contributed by atoms with E-state index in [2.05, 4.69) is 0 Å². The molecule has 1 aliphatic rings. The Morgan fingerprint density at radius 1 is 1.21 bits per heavy atom. The van der Waals surface area contributed by atoms with E-state index in [0.717, 1.165) is 11.9 Å². The minimum Gasteiger partial charge on any atom is -0.376 e. The van der Waals surface area contributed by atoms with Crippen molar-refractivity contribution in [1.82, 2.24) is 4.90 Å². The Kier molecular flexibility index (Phi) is 5.82. The molecule has 1 aromatic carbocycles. The number of methoxy groups -OCH3 is 1. The highest BCUT2D eigenvalue weighted by Crippen LogP contribution is 2.22. The Labute approximate surface area is 141 Å². The highest BCUT2D eigenvalue weighted by Gasteiger charge is 2.33. The molecule has 2 rings (SSSR count). The van der Waals surface area contributed by atoms with Gasteiger partial charge in [-0.2, -0.15) is 0 Å². The van der Waals surface area contributed by atoms with Crippen molar-refractivity contribution in [3.8, 4) is 0 Å². The van der Waals surface area contributed by atoms with E-state index in [1.807, 2.05) is 13.0 Å². The van der Waals surface area contributed by atoms with Crippen LogP contribution in [0, 0.1) is 5.92 Å². The lowest BCUT2D eigenvalue weighted by molar-refractivity contribution is -0.113. The molecule has 5 nitrogen and oxygen atoms in total. The van der Waals surface area contributed by atoms with Crippen LogP contribution in [0.5, 0.6) is 0 Å². The fraction of sp³-hybridized carbons (Fsp3) is 0.316. The van der Waals surface area contributed by atoms with E-state index < -0.39 is 0 Å². The van der Waals surface area contributed by atoms with Crippen LogP contribution in [0.3, 0.4) is 0 Å². The zero-order valence-corrected chi connectivity index (χ0v) is 14.1. The molecule has 0 bridgehead atoms. The van der Waals surface area contributed by atoms with E-state index in [1.165, 1.54) is 4.90 Å². The second kappa shape index (κ2) is 7.84. The van der Waals surface area contributed by atoms with Gasteiger partial charge >= 0.3 is 0 Å². The fourth-order valence-corrected chi connectivity index (χ4v) is 2.77. The van der Waals surface area contributed by atoms with Gasteiger partial charge in [0.25, 0.3) is 11.8 Å². The van der Waals surface area contributed by atoms with Gasteiger partial charge in [-0.05, 0) is 24.6 Å². The third-order valence-corrected chi connectivity index (χ3v) is 4.06. The van der Waals surface area contributed by atoms with E-state index in [4.69, 9.17) is 4.74 Å². The molecule has 0 spiro atoms. The van der Waals surface area contributed by atoms with Crippen molar-refractivity contribution >= 4 is 18.1 Å². The molecule has 0 N–H and O–H groups in total. The highest BCUT2D eigenvalue weighted by atomic mass is 16.5. The summed E-state index contributed by atoms with van der Waals surface area (Å²) >= 11 is 0. The van der Waals surface area contributed by atoms with E-state index in [1.54, 1.807) is 50.5 Å². The molecular weight excluding hydrogens is 306 g/mol. The molecule has 2 atom stereocenters. The van der Waals surface area contributed by atoms with Gasteiger partial charge in [0, 0.05) is 19.6 Å². The predicted molar refractivity (Wildman–Crippen MR) is 90.7 cm³/mol. The predicted octanol–water partition coefficient (Wildman–Crippen LogP) is 2.64. The SMILES string of the molecule is CO[C@H](/C(C)=C/C=C/CN1C(=O)c2ccccc2C1=O)[C@H](C)C=O. The van der Waals surface area contributed by atoms with E-state index in [9.17, 15) is 14.4 Å². The number of imide groups is 1. The first-order valence-corrected chi connectivity index (χ1v) is 7.77. The molecule has 24 heavy (non-hydrogen) atoms. The molecule has 1 heterocycles. The van der Waals surface area contributed by atoms with Gasteiger partial charge in [0.15, 0.2) is 0 Å². The maximum atomic E-state index is 12.2. The number of carbonyl (C=O) groups is 3. The number of rotatable bonds is 7. The first-order valence-electron chi connectivity index (χ1n) is 7.77. The van der Waals surface area contributed by atoms with Crippen LogP contribution in [-0.2, 0) is 9.53 Å². The molecule has 0 fully saturated rings. The Morgan fingerprint density at radius 2 is 1.79 bits per heavy atom. The summed E-state index contributed by atoms with van der Waals surface area (Å²) in [7, 11) is 1.56. The molecular formula is C19H21NO4. The van der Waals surface area contributed by atoms with Gasteiger partial charge in [-0.15, -0.1) is 0 Å². The zero-order valence-electron chi connectivity index (χ0n) is 14.1. The summed E-state index contributed by atoms with van der Waals surface area (Å²) in [4.78, 5) is 36.5. The van der Waals surface area contributed by atoms with Crippen molar-refractivity contribution in [2.45, 2.75) is 20.0 Å². The Balaban J connectivity index is 2.03. The van der Waals surface area contributed by atoms with E-state index in [0.29, 0.717) is 11.1 Å². The fourth-order valence-electron chi connectivity index (χ4n) is 2.77. The number of aldehydes is 1. The van der Waals surface area contributed by atoms with Gasteiger partial charge in [0.1, 0.15) is 6.29 Å². The first kappa shape index (κ1) is 17.8. The van der Waals surface area contributed by atoms with Crippen LogP contribution in [0.25, 0.3) is 0 Å². The second-order valence-corrected chi connectivity index (χ2v) is 5.76. The maximum absolute atomic E-state index is 12.2. The number of hydrogen-bond donors (Lipinski definition) is 0. The Bertz CT molecular complexity index is 670. The molecule has 0 aliphatic carbocycles. The van der Waals surface area contributed by atoms with Crippen molar-refractivity contribution in [3.63, 3.8) is 0 Å². The average molecular weight is 327 g/mol. The van der Waals surface area contributed by atoms with Gasteiger partial charge < -0.3 is 9.53 Å².